The van der Waals surface area contributed by atoms with Crippen LogP contribution in [0, 0.1) is 37.0 Å². The summed E-state index contributed by atoms with van der Waals surface area (Å²) in [6.07, 6.45) is 19.7. The van der Waals surface area contributed by atoms with Crippen LogP contribution in [-0.2, 0) is 42.1 Å². The molecule has 0 heterocycles. The number of rotatable bonds is 4. The minimum absolute atomic E-state index is 0.244. The Morgan fingerprint density at radius 2 is 1.38 bits per heavy atom. The van der Waals surface area contributed by atoms with Gasteiger partial charge in [-0.1, -0.05) is 0 Å². The summed E-state index contributed by atoms with van der Waals surface area (Å²) in [4.78, 5) is 34.1. The van der Waals surface area contributed by atoms with Gasteiger partial charge in [0, 0.05) is 0 Å². The topological polar surface area (TPSA) is 78.9 Å². The standard InChI is InChI=1S/C5H5.3C3H2O2.Ti/c1-2-4-5-3-1;3*1-2-3(4)5;/h1-3H,4H2;3*1H,(H,4,5);/q;;;;+3/p-3. The molecular formula is C14H8O6Ti. The molecule has 0 aromatic heterocycles. The van der Waals surface area contributed by atoms with Crippen LogP contribution < -0.4 is 0 Å². The molecule has 0 saturated carbocycles. The van der Waals surface area contributed by atoms with E-state index in [1.807, 2.05) is 0 Å². The van der Waals surface area contributed by atoms with E-state index in [0.717, 1.165) is 0 Å². The fraction of sp³-hybridized carbons (Fsp3) is 0.0714. The van der Waals surface area contributed by atoms with Crippen molar-refractivity contribution in [3.8, 4) is 37.0 Å². The Bertz CT molecular complexity index is 596. The van der Waals surface area contributed by atoms with Crippen LogP contribution in [0.3, 0.4) is 0 Å². The van der Waals surface area contributed by atoms with Crippen LogP contribution >= 0.6 is 0 Å². The molecular weight excluding hydrogens is 312 g/mol. The Balaban J connectivity index is 3.26. The van der Waals surface area contributed by atoms with Gasteiger partial charge in [-0.05, 0) is 0 Å². The summed E-state index contributed by atoms with van der Waals surface area (Å²) in [7, 11) is 0. The average molecular weight is 320 g/mol. The second-order valence-corrected chi connectivity index (χ2v) is 7.18. The maximum absolute atomic E-state index is 11.4. The Labute approximate surface area is 125 Å². The minimum atomic E-state index is -4.91. The third kappa shape index (κ3) is 4.13. The predicted molar refractivity (Wildman–Crippen MR) is 66.6 cm³/mol. The van der Waals surface area contributed by atoms with Gasteiger partial charge < -0.3 is 0 Å². The first kappa shape index (κ1) is 16.3. The zero-order valence-corrected chi connectivity index (χ0v) is 12.2. The van der Waals surface area contributed by atoms with Gasteiger partial charge in [-0.25, -0.2) is 0 Å². The number of carbonyl (C=O) groups excluding carboxylic acids is 3. The van der Waals surface area contributed by atoms with Crippen LogP contribution in [0.2, 0.25) is 0 Å². The molecule has 0 fully saturated rings. The third-order valence-corrected chi connectivity index (χ3v) is 6.13. The molecule has 1 aliphatic carbocycles. The van der Waals surface area contributed by atoms with Crippen LogP contribution in [0.5, 0.6) is 0 Å². The first-order valence-electron chi connectivity index (χ1n) is 5.42. The molecule has 0 aliphatic heterocycles. The molecule has 0 N–H and O–H groups in total. The zero-order chi connectivity index (χ0) is 15.9. The Kier molecular flexibility index (Phi) is 5.58. The van der Waals surface area contributed by atoms with Crippen LogP contribution in [0.15, 0.2) is 22.1 Å². The number of hydrogen-bond donors (Lipinski definition) is 0. The van der Waals surface area contributed by atoms with Crippen molar-refractivity contribution < 1.29 is 42.1 Å². The van der Waals surface area contributed by atoms with Crippen molar-refractivity contribution in [3.05, 3.63) is 22.1 Å². The number of carbonyl (C=O) groups is 3. The van der Waals surface area contributed by atoms with Gasteiger partial charge in [0.15, 0.2) is 0 Å². The Morgan fingerprint density at radius 1 is 0.952 bits per heavy atom. The molecule has 0 saturated heterocycles. The van der Waals surface area contributed by atoms with Crippen molar-refractivity contribution in [1.29, 1.82) is 0 Å². The summed E-state index contributed by atoms with van der Waals surface area (Å²) < 4.78 is 15.1. The maximum atomic E-state index is 11.4. The molecule has 0 aromatic rings. The molecule has 0 aromatic carbocycles. The number of terminal acetylenes is 3. The molecule has 1 aliphatic rings. The summed E-state index contributed by atoms with van der Waals surface area (Å²) in [5, 5.41) is 0. The summed E-state index contributed by atoms with van der Waals surface area (Å²) in [6, 6.07) is 0. The molecule has 0 bridgehead atoms. The van der Waals surface area contributed by atoms with E-state index >= 15 is 0 Å². The van der Waals surface area contributed by atoms with Crippen molar-refractivity contribution in [2.45, 2.75) is 6.42 Å². The van der Waals surface area contributed by atoms with E-state index in [4.69, 9.17) is 29.2 Å². The Morgan fingerprint density at radius 3 is 1.67 bits per heavy atom. The van der Waals surface area contributed by atoms with E-state index in [-0.39, 0.29) is 6.42 Å². The predicted octanol–water partition coefficient (Wildman–Crippen LogP) is 0.258. The van der Waals surface area contributed by atoms with Gasteiger partial charge >= 0.3 is 126 Å². The monoisotopic (exact) mass is 320 g/mol. The van der Waals surface area contributed by atoms with Gasteiger partial charge in [-0.3, -0.25) is 0 Å². The molecule has 0 amide bonds. The van der Waals surface area contributed by atoms with Crippen molar-refractivity contribution >= 4 is 17.9 Å². The van der Waals surface area contributed by atoms with E-state index in [0.29, 0.717) is 3.88 Å². The van der Waals surface area contributed by atoms with Gasteiger partial charge in [-0.15, -0.1) is 0 Å². The molecule has 0 spiro atoms. The Hall–Kier alpha value is -2.72. The summed E-state index contributed by atoms with van der Waals surface area (Å²) in [5.41, 5.74) is 0. The molecule has 104 valence electrons. The summed E-state index contributed by atoms with van der Waals surface area (Å²) >= 11 is -4.91. The molecule has 21 heavy (non-hydrogen) atoms. The van der Waals surface area contributed by atoms with Gasteiger partial charge in [0.1, 0.15) is 0 Å². The van der Waals surface area contributed by atoms with Crippen molar-refractivity contribution in [2.75, 3.05) is 0 Å². The fourth-order valence-corrected chi connectivity index (χ4v) is 4.66. The first-order chi connectivity index (χ1) is 9.97. The quantitative estimate of drug-likeness (QED) is 0.546. The van der Waals surface area contributed by atoms with Crippen LogP contribution in [0.25, 0.3) is 0 Å². The van der Waals surface area contributed by atoms with Crippen LogP contribution in [-0.4, -0.2) is 17.9 Å². The molecule has 0 unspecified atom stereocenters. The van der Waals surface area contributed by atoms with Gasteiger partial charge in [0.25, 0.3) is 0 Å². The van der Waals surface area contributed by atoms with Crippen LogP contribution in [0.1, 0.15) is 6.42 Å². The summed E-state index contributed by atoms with van der Waals surface area (Å²) in [6.45, 7) is 0. The molecule has 0 radical (unpaired) electrons. The van der Waals surface area contributed by atoms with E-state index < -0.39 is 35.7 Å². The zero-order valence-electron chi connectivity index (χ0n) is 10.6. The van der Waals surface area contributed by atoms with Gasteiger partial charge in [0.2, 0.25) is 0 Å². The van der Waals surface area contributed by atoms with Gasteiger partial charge in [0.05, 0.1) is 0 Å². The number of hydrogen-bond acceptors (Lipinski definition) is 6. The normalized spacial score (nSPS) is 12.1. The second kappa shape index (κ2) is 7.17. The van der Waals surface area contributed by atoms with E-state index in [9.17, 15) is 14.4 Å². The van der Waals surface area contributed by atoms with Crippen molar-refractivity contribution in [2.24, 2.45) is 0 Å². The fourth-order valence-electron chi connectivity index (χ4n) is 1.39. The SMILES string of the molecule is C#CC(=O)[O][Ti]([O]C(=O)C#C)([O]C(=O)C#C)[C]1=CC=CC1. The summed E-state index contributed by atoms with van der Waals surface area (Å²) in [5.74, 6) is 1.57. The third-order valence-electron chi connectivity index (χ3n) is 2.20. The van der Waals surface area contributed by atoms with Crippen molar-refractivity contribution in [1.82, 2.24) is 0 Å². The van der Waals surface area contributed by atoms with E-state index in [1.54, 1.807) is 29.9 Å². The number of allylic oxidation sites excluding steroid dienone is 4. The van der Waals surface area contributed by atoms with E-state index in [2.05, 4.69) is 0 Å². The average Bonchev–Trinajstić information content (AvgIpc) is 3.01. The van der Waals surface area contributed by atoms with E-state index in [1.165, 1.54) is 6.08 Å². The van der Waals surface area contributed by atoms with Crippen molar-refractivity contribution in [3.63, 3.8) is 0 Å². The van der Waals surface area contributed by atoms with Gasteiger partial charge in [-0.2, -0.15) is 0 Å². The molecule has 7 heteroatoms. The second-order valence-electron chi connectivity index (χ2n) is 3.48. The first-order valence-corrected chi connectivity index (χ1v) is 8.11. The van der Waals surface area contributed by atoms with Crippen LogP contribution in [0.4, 0.5) is 0 Å². The molecule has 6 nitrogen and oxygen atoms in total. The molecule has 0 atom stereocenters. The molecule has 1 rings (SSSR count).